The minimum atomic E-state index is -0.527. The smallest absolute Gasteiger partial charge is 0.249 e. The SMILES string of the molecule is O=C(NC1(c2noc(C3CCOC3)n2)CCCCCC1)[C@@H]1CCCO1. The molecular weight excluding hydrogens is 322 g/mol. The van der Waals surface area contributed by atoms with Gasteiger partial charge in [0.05, 0.1) is 12.5 Å². The Balaban J connectivity index is 1.57. The van der Waals surface area contributed by atoms with Crippen LogP contribution in [-0.4, -0.2) is 42.0 Å². The fourth-order valence-corrected chi connectivity index (χ4v) is 4.16. The Hall–Kier alpha value is -1.47. The third-order valence-electron chi connectivity index (χ3n) is 5.69. The summed E-state index contributed by atoms with van der Waals surface area (Å²) in [5.41, 5.74) is -0.527. The zero-order valence-electron chi connectivity index (χ0n) is 14.7. The predicted octanol–water partition coefficient (Wildman–Crippen LogP) is 2.42. The Labute approximate surface area is 147 Å². The average Bonchev–Trinajstić information content (AvgIpc) is 3.36. The first-order chi connectivity index (χ1) is 12.3. The fourth-order valence-electron chi connectivity index (χ4n) is 4.16. The molecule has 1 N–H and O–H groups in total. The molecular formula is C18H27N3O4. The maximum absolute atomic E-state index is 12.7. The third kappa shape index (κ3) is 3.58. The summed E-state index contributed by atoms with van der Waals surface area (Å²) < 4.78 is 16.5. The molecule has 0 bridgehead atoms. The maximum Gasteiger partial charge on any atom is 0.249 e. The lowest BCUT2D eigenvalue weighted by molar-refractivity contribution is -0.132. The van der Waals surface area contributed by atoms with Gasteiger partial charge in [0.25, 0.3) is 0 Å². The molecule has 1 unspecified atom stereocenters. The molecule has 1 saturated carbocycles. The molecule has 2 saturated heterocycles. The lowest BCUT2D eigenvalue weighted by Crippen LogP contribution is -2.50. The van der Waals surface area contributed by atoms with E-state index in [0.29, 0.717) is 24.9 Å². The summed E-state index contributed by atoms with van der Waals surface area (Å²) in [4.78, 5) is 17.4. The summed E-state index contributed by atoms with van der Waals surface area (Å²) in [5, 5.41) is 7.54. The van der Waals surface area contributed by atoms with E-state index in [1.54, 1.807) is 0 Å². The molecule has 0 spiro atoms. The van der Waals surface area contributed by atoms with E-state index in [1.165, 1.54) is 12.8 Å². The van der Waals surface area contributed by atoms with E-state index in [0.717, 1.165) is 51.6 Å². The number of nitrogens with one attached hydrogen (secondary N) is 1. The number of hydrogen-bond donors (Lipinski definition) is 1. The normalized spacial score (nSPS) is 29.4. The quantitative estimate of drug-likeness (QED) is 0.840. The van der Waals surface area contributed by atoms with Crippen molar-refractivity contribution >= 4 is 5.91 Å². The molecule has 138 valence electrons. The molecule has 4 rings (SSSR count). The van der Waals surface area contributed by atoms with Crippen molar-refractivity contribution in [2.75, 3.05) is 19.8 Å². The number of amides is 1. The molecule has 0 radical (unpaired) electrons. The van der Waals surface area contributed by atoms with E-state index in [9.17, 15) is 4.79 Å². The van der Waals surface area contributed by atoms with Crippen molar-refractivity contribution in [3.63, 3.8) is 0 Å². The zero-order valence-corrected chi connectivity index (χ0v) is 14.7. The summed E-state index contributed by atoms with van der Waals surface area (Å²) in [6.45, 7) is 2.04. The molecule has 1 aromatic rings. The highest BCUT2D eigenvalue weighted by atomic mass is 16.5. The van der Waals surface area contributed by atoms with Crippen molar-refractivity contribution in [3.8, 4) is 0 Å². The number of aromatic nitrogens is 2. The van der Waals surface area contributed by atoms with Gasteiger partial charge in [-0.25, -0.2) is 0 Å². The molecule has 0 aromatic carbocycles. The Morgan fingerprint density at radius 2 is 1.92 bits per heavy atom. The highest BCUT2D eigenvalue weighted by Gasteiger charge is 2.41. The molecule has 1 aromatic heterocycles. The molecule has 25 heavy (non-hydrogen) atoms. The number of carbonyl (C=O) groups is 1. The van der Waals surface area contributed by atoms with Crippen molar-refractivity contribution in [1.82, 2.24) is 15.5 Å². The summed E-state index contributed by atoms with van der Waals surface area (Å²) in [6.07, 6.45) is 8.49. The molecule has 3 fully saturated rings. The van der Waals surface area contributed by atoms with Crippen molar-refractivity contribution in [2.24, 2.45) is 0 Å². The molecule has 1 amide bonds. The number of hydrogen-bond acceptors (Lipinski definition) is 6. The molecule has 7 heteroatoms. The predicted molar refractivity (Wildman–Crippen MR) is 89.0 cm³/mol. The number of carbonyl (C=O) groups excluding carboxylic acids is 1. The lowest BCUT2D eigenvalue weighted by Gasteiger charge is -2.31. The standard InChI is InChI=1S/C18H27N3O4/c22-15(14-6-5-10-24-14)20-18(8-3-1-2-4-9-18)17-19-16(25-21-17)13-7-11-23-12-13/h13-14H,1-12H2,(H,20,22)/t13?,14-/m0/s1. The molecule has 3 aliphatic rings. The second-order valence-electron chi connectivity index (χ2n) is 7.50. The minimum absolute atomic E-state index is 0.0325. The first kappa shape index (κ1) is 17.0. The fraction of sp³-hybridized carbons (Fsp3) is 0.833. The highest BCUT2D eigenvalue weighted by molar-refractivity contribution is 5.81. The largest absolute Gasteiger partial charge is 0.381 e. The second kappa shape index (κ2) is 7.41. The Morgan fingerprint density at radius 3 is 2.60 bits per heavy atom. The van der Waals surface area contributed by atoms with E-state index >= 15 is 0 Å². The van der Waals surface area contributed by atoms with Crippen molar-refractivity contribution in [3.05, 3.63) is 11.7 Å². The van der Waals surface area contributed by atoms with Gasteiger partial charge in [0.15, 0.2) is 5.82 Å². The van der Waals surface area contributed by atoms with Crippen LogP contribution in [0, 0.1) is 0 Å². The van der Waals surface area contributed by atoms with Crippen LogP contribution in [0.4, 0.5) is 0 Å². The number of nitrogens with zero attached hydrogens (tertiary/aromatic N) is 2. The van der Waals surface area contributed by atoms with Crippen molar-refractivity contribution in [1.29, 1.82) is 0 Å². The van der Waals surface area contributed by atoms with Crippen LogP contribution in [0.3, 0.4) is 0 Å². The van der Waals surface area contributed by atoms with Crippen LogP contribution < -0.4 is 5.32 Å². The van der Waals surface area contributed by atoms with Crippen LogP contribution in [0.15, 0.2) is 4.52 Å². The van der Waals surface area contributed by atoms with Crippen LogP contribution in [-0.2, 0) is 19.8 Å². The van der Waals surface area contributed by atoms with Gasteiger partial charge >= 0.3 is 0 Å². The van der Waals surface area contributed by atoms with E-state index in [-0.39, 0.29) is 17.9 Å². The van der Waals surface area contributed by atoms with Gasteiger partial charge in [0.2, 0.25) is 11.8 Å². The van der Waals surface area contributed by atoms with Crippen LogP contribution in [0.1, 0.15) is 75.4 Å². The summed E-state index contributed by atoms with van der Waals surface area (Å²) in [5.74, 6) is 1.41. The van der Waals surface area contributed by atoms with Gasteiger partial charge in [-0.1, -0.05) is 30.8 Å². The van der Waals surface area contributed by atoms with Crippen LogP contribution in [0.5, 0.6) is 0 Å². The zero-order chi connectivity index (χ0) is 17.1. The van der Waals surface area contributed by atoms with E-state index in [1.807, 2.05) is 0 Å². The summed E-state index contributed by atoms with van der Waals surface area (Å²) in [6, 6.07) is 0. The highest BCUT2D eigenvalue weighted by Crippen LogP contribution is 2.36. The van der Waals surface area contributed by atoms with Crippen molar-refractivity contribution < 1.29 is 18.8 Å². The first-order valence-electron chi connectivity index (χ1n) is 9.62. The molecule has 2 atom stereocenters. The van der Waals surface area contributed by atoms with Gasteiger partial charge in [0, 0.05) is 13.2 Å². The number of ether oxygens (including phenoxy) is 2. The summed E-state index contributed by atoms with van der Waals surface area (Å²) in [7, 11) is 0. The molecule has 7 nitrogen and oxygen atoms in total. The molecule has 1 aliphatic carbocycles. The average molecular weight is 349 g/mol. The Morgan fingerprint density at radius 1 is 1.08 bits per heavy atom. The summed E-state index contributed by atoms with van der Waals surface area (Å²) >= 11 is 0. The van der Waals surface area contributed by atoms with E-state index in [2.05, 4.69) is 10.5 Å². The third-order valence-corrected chi connectivity index (χ3v) is 5.69. The molecule has 2 aliphatic heterocycles. The van der Waals surface area contributed by atoms with Gasteiger partial charge in [0.1, 0.15) is 11.6 Å². The maximum atomic E-state index is 12.7. The van der Waals surface area contributed by atoms with Crippen molar-refractivity contribution in [2.45, 2.75) is 75.3 Å². The van der Waals surface area contributed by atoms with Gasteiger partial charge in [-0.05, 0) is 32.1 Å². The van der Waals surface area contributed by atoms with Gasteiger partial charge in [-0.3, -0.25) is 4.79 Å². The van der Waals surface area contributed by atoms with E-state index in [4.69, 9.17) is 19.0 Å². The first-order valence-corrected chi connectivity index (χ1v) is 9.62. The molecule has 3 heterocycles. The van der Waals surface area contributed by atoms with E-state index < -0.39 is 5.54 Å². The van der Waals surface area contributed by atoms with Crippen LogP contribution in [0.2, 0.25) is 0 Å². The monoisotopic (exact) mass is 349 g/mol. The van der Waals surface area contributed by atoms with Crippen LogP contribution >= 0.6 is 0 Å². The minimum Gasteiger partial charge on any atom is -0.381 e. The topological polar surface area (TPSA) is 86.5 Å². The van der Waals surface area contributed by atoms with Crippen LogP contribution in [0.25, 0.3) is 0 Å². The number of rotatable bonds is 4. The Bertz CT molecular complexity index is 583. The Kier molecular flexibility index (Phi) is 5.03. The second-order valence-corrected chi connectivity index (χ2v) is 7.50. The van der Waals surface area contributed by atoms with Gasteiger partial charge in [-0.15, -0.1) is 0 Å². The van der Waals surface area contributed by atoms with Gasteiger partial charge < -0.3 is 19.3 Å². The van der Waals surface area contributed by atoms with Gasteiger partial charge in [-0.2, -0.15) is 4.98 Å². The lowest BCUT2D eigenvalue weighted by atomic mass is 9.88.